The van der Waals surface area contributed by atoms with Gasteiger partial charge in [0.25, 0.3) is 0 Å². The Kier molecular flexibility index (Phi) is 2.98. The quantitative estimate of drug-likeness (QED) is 0.569. The fourth-order valence-corrected chi connectivity index (χ4v) is 1.27. The molecule has 1 rings (SSSR count). The van der Waals surface area contributed by atoms with Gasteiger partial charge < -0.3 is 13.8 Å². The van der Waals surface area contributed by atoms with Crippen LogP contribution in [0.5, 0.6) is 0 Å². The van der Waals surface area contributed by atoms with Crippen molar-refractivity contribution in [2.75, 3.05) is 7.11 Å². The molecular formula is C7H9O4P. The maximum atomic E-state index is 10.8. The molecule has 1 N–H and O–H groups in total. The first-order chi connectivity index (χ1) is 5.65. The second-order valence-corrected chi connectivity index (χ2v) is 3.50. The molecule has 0 bridgehead atoms. The minimum atomic E-state index is -1.70. The number of furan rings is 1. The average molecular weight is 188 g/mol. The summed E-state index contributed by atoms with van der Waals surface area (Å²) < 4.78 is 9.65. The van der Waals surface area contributed by atoms with Gasteiger partial charge >= 0.3 is 0 Å². The van der Waals surface area contributed by atoms with E-state index in [0.29, 0.717) is 5.50 Å². The van der Waals surface area contributed by atoms with E-state index in [2.05, 4.69) is 4.52 Å². The Balaban J connectivity index is 2.84. The van der Waals surface area contributed by atoms with Gasteiger partial charge in [0.05, 0.1) is 0 Å². The summed E-state index contributed by atoms with van der Waals surface area (Å²) in [4.78, 5) is 19.9. The van der Waals surface area contributed by atoms with E-state index < -0.39 is 8.38 Å². The lowest BCUT2D eigenvalue weighted by molar-refractivity contribution is 0.0988. The number of rotatable bonds is 3. The smallest absolute Gasteiger partial charge is 0.240 e. The van der Waals surface area contributed by atoms with Crippen LogP contribution in [0.25, 0.3) is 0 Å². The maximum absolute atomic E-state index is 10.8. The number of Topliss-reactive ketones (excluding diaryl/α,β-unsaturated/α-hetero) is 1. The Hall–Kier alpha value is -0.700. The van der Waals surface area contributed by atoms with Gasteiger partial charge in [0.15, 0.2) is 17.0 Å². The van der Waals surface area contributed by atoms with Crippen LogP contribution < -0.4 is 5.50 Å². The third kappa shape index (κ3) is 1.91. The summed E-state index contributed by atoms with van der Waals surface area (Å²) in [5.41, 5.74) is 0.303. The monoisotopic (exact) mass is 188 g/mol. The average Bonchev–Trinajstić information content (AvgIpc) is 2.51. The van der Waals surface area contributed by atoms with Crippen molar-refractivity contribution in [2.24, 2.45) is 0 Å². The van der Waals surface area contributed by atoms with Gasteiger partial charge in [0.2, 0.25) is 8.38 Å². The Bertz CT molecular complexity index is 281. The Labute approximate surface area is 71.1 Å². The lowest BCUT2D eigenvalue weighted by Crippen LogP contribution is -1.97. The molecule has 12 heavy (non-hydrogen) atoms. The van der Waals surface area contributed by atoms with E-state index in [1.807, 2.05) is 0 Å². The molecule has 1 heterocycles. The fourth-order valence-electron chi connectivity index (χ4n) is 0.710. The lowest BCUT2D eigenvalue weighted by Gasteiger charge is -2.00. The third-order valence-corrected chi connectivity index (χ3v) is 2.26. The highest BCUT2D eigenvalue weighted by Gasteiger charge is 2.13. The van der Waals surface area contributed by atoms with E-state index in [0.717, 1.165) is 0 Å². The summed E-state index contributed by atoms with van der Waals surface area (Å²) in [6.45, 7) is 1.40. The molecule has 0 fully saturated rings. The van der Waals surface area contributed by atoms with E-state index in [1.165, 1.54) is 26.2 Å². The number of carbonyl (C=O) groups is 1. The van der Waals surface area contributed by atoms with Crippen molar-refractivity contribution in [1.29, 1.82) is 0 Å². The molecule has 0 radical (unpaired) electrons. The molecule has 5 heteroatoms. The van der Waals surface area contributed by atoms with Crippen LogP contribution >= 0.6 is 8.38 Å². The maximum Gasteiger partial charge on any atom is 0.240 e. The zero-order valence-electron chi connectivity index (χ0n) is 6.77. The standard InChI is InChI=1S/C7H9O4P/c1-5(8)6-3-4-7(11-6)12(9)10-2/h3-4,9H,1-2H3. The molecular weight excluding hydrogens is 179 g/mol. The first-order valence-corrected chi connectivity index (χ1v) is 4.50. The summed E-state index contributed by atoms with van der Waals surface area (Å²) >= 11 is 0. The van der Waals surface area contributed by atoms with Gasteiger partial charge in [-0.15, -0.1) is 0 Å². The van der Waals surface area contributed by atoms with Gasteiger partial charge in [0, 0.05) is 14.0 Å². The van der Waals surface area contributed by atoms with E-state index >= 15 is 0 Å². The number of hydrogen-bond donors (Lipinski definition) is 1. The van der Waals surface area contributed by atoms with Crippen molar-refractivity contribution in [1.82, 2.24) is 0 Å². The molecule has 0 saturated heterocycles. The molecule has 0 aliphatic carbocycles. The van der Waals surface area contributed by atoms with E-state index in [-0.39, 0.29) is 11.5 Å². The van der Waals surface area contributed by atoms with Crippen LogP contribution in [0.4, 0.5) is 0 Å². The summed E-state index contributed by atoms with van der Waals surface area (Å²) in [5, 5.41) is 0. The van der Waals surface area contributed by atoms with Gasteiger partial charge in [-0.25, -0.2) is 0 Å². The van der Waals surface area contributed by atoms with Crippen molar-refractivity contribution in [3.8, 4) is 0 Å². The molecule has 1 atom stereocenters. The zero-order chi connectivity index (χ0) is 9.14. The minimum absolute atomic E-state index is 0.166. The molecule has 66 valence electrons. The van der Waals surface area contributed by atoms with E-state index in [4.69, 9.17) is 9.31 Å². The third-order valence-electron chi connectivity index (χ3n) is 1.30. The number of carbonyl (C=O) groups excluding carboxylic acids is 1. The highest BCUT2D eigenvalue weighted by atomic mass is 31.2. The lowest BCUT2D eigenvalue weighted by atomic mass is 10.3. The van der Waals surface area contributed by atoms with Crippen LogP contribution in [0.1, 0.15) is 17.5 Å². The minimum Gasteiger partial charge on any atom is -0.448 e. The molecule has 0 aliphatic rings. The van der Waals surface area contributed by atoms with Crippen molar-refractivity contribution < 1.29 is 18.6 Å². The predicted molar refractivity (Wildman–Crippen MR) is 44.5 cm³/mol. The molecule has 1 unspecified atom stereocenters. The fraction of sp³-hybridized carbons (Fsp3) is 0.286. The Morgan fingerprint density at radius 2 is 2.33 bits per heavy atom. The second-order valence-electron chi connectivity index (χ2n) is 2.15. The van der Waals surface area contributed by atoms with Crippen molar-refractivity contribution >= 4 is 19.7 Å². The molecule has 0 amide bonds. The van der Waals surface area contributed by atoms with Crippen LogP contribution in [-0.4, -0.2) is 17.8 Å². The number of ketones is 1. The largest absolute Gasteiger partial charge is 0.448 e. The van der Waals surface area contributed by atoms with Crippen molar-refractivity contribution in [3.63, 3.8) is 0 Å². The van der Waals surface area contributed by atoms with Gasteiger partial charge in [-0.3, -0.25) is 4.79 Å². The molecule has 0 aliphatic heterocycles. The van der Waals surface area contributed by atoms with Crippen molar-refractivity contribution in [2.45, 2.75) is 6.92 Å². The number of hydrogen-bond acceptors (Lipinski definition) is 4. The first-order valence-electron chi connectivity index (χ1n) is 3.29. The Morgan fingerprint density at radius 1 is 1.67 bits per heavy atom. The van der Waals surface area contributed by atoms with Crippen LogP contribution in [0, 0.1) is 0 Å². The van der Waals surface area contributed by atoms with Crippen LogP contribution in [0.3, 0.4) is 0 Å². The highest BCUT2D eigenvalue weighted by molar-refractivity contribution is 7.54. The van der Waals surface area contributed by atoms with Crippen LogP contribution in [-0.2, 0) is 4.52 Å². The molecule has 0 aromatic carbocycles. The normalized spacial score (nSPS) is 12.9. The topological polar surface area (TPSA) is 59.7 Å². The summed E-state index contributed by atoms with van der Waals surface area (Å²) in [6, 6.07) is 3.05. The molecule has 4 nitrogen and oxygen atoms in total. The van der Waals surface area contributed by atoms with E-state index in [9.17, 15) is 4.79 Å². The Morgan fingerprint density at radius 3 is 2.75 bits per heavy atom. The molecule has 1 aromatic rings. The molecule has 0 saturated carbocycles. The van der Waals surface area contributed by atoms with Crippen molar-refractivity contribution in [3.05, 3.63) is 17.9 Å². The second kappa shape index (κ2) is 3.81. The zero-order valence-corrected chi connectivity index (χ0v) is 7.67. The summed E-state index contributed by atoms with van der Waals surface area (Å²) in [5.74, 6) is 0.0735. The first kappa shape index (κ1) is 9.39. The highest BCUT2D eigenvalue weighted by Crippen LogP contribution is 2.29. The predicted octanol–water partition coefficient (Wildman–Crippen LogP) is 1.06. The molecule has 0 spiro atoms. The van der Waals surface area contributed by atoms with Gasteiger partial charge in [-0.05, 0) is 12.1 Å². The van der Waals surface area contributed by atoms with Gasteiger partial charge in [-0.2, -0.15) is 0 Å². The summed E-state index contributed by atoms with van der Waals surface area (Å²) in [7, 11) is -0.320. The van der Waals surface area contributed by atoms with Gasteiger partial charge in [0.1, 0.15) is 0 Å². The SMILES string of the molecule is COP(O)c1ccc(C(C)=O)o1. The van der Waals surface area contributed by atoms with Gasteiger partial charge in [-0.1, -0.05) is 0 Å². The molecule has 1 aromatic heterocycles. The van der Waals surface area contributed by atoms with E-state index in [1.54, 1.807) is 0 Å². The van der Waals surface area contributed by atoms with Crippen LogP contribution in [0.2, 0.25) is 0 Å². The van der Waals surface area contributed by atoms with Crippen LogP contribution in [0.15, 0.2) is 16.5 Å². The summed E-state index contributed by atoms with van der Waals surface area (Å²) in [6.07, 6.45) is 0.